The minimum Gasteiger partial charge on any atom is -0.495 e. The molecule has 20 heavy (non-hydrogen) atoms. The van der Waals surface area contributed by atoms with Gasteiger partial charge in [0.05, 0.1) is 34.6 Å². The number of ether oxygens (including phenoxy) is 1. The van der Waals surface area contributed by atoms with Crippen LogP contribution in [0, 0.1) is 6.92 Å². The van der Waals surface area contributed by atoms with Crippen LogP contribution in [0.4, 0.5) is 0 Å². The van der Waals surface area contributed by atoms with Crippen molar-refractivity contribution >= 4 is 23.2 Å². The highest BCUT2D eigenvalue weighted by molar-refractivity contribution is 6.32. The van der Waals surface area contributed by atoms with E-state index in [0.717, 1.165) is 11.4 Å². The molecule has 0 radical (unpaired) electrons. The van der Waals surface area contributed by atoms with E-state index >= 15 is 0 Å². The summed E-state index contributed by atoms with van der Waals surface area (Å²) in [5.74, 6) is 0.581. The van der Waals surface area contributed by atoms with Crippen LogP contribution in [0.15, 0.2) is 18.2 Å². The average molecular weight is 315 g/mol. The number of aryl methyl sites for hydroxylation is 2. The molecule has 0 aliphatic carbocycles. The number of hydrogen-bond donors (Lipinski definition) is 1. The number of aromatic nitrogens is 2. The van der Waals surface area contributed by atoms with Crippen LogP contribution in [-0.2, 0) is 13.5 Å². The molecule has 0 aliphatic rings. The van der Waals surface area contributed by atoms with Crippen LogP contribution in [0.5, 0.6) is 5.75 Å². The minimum atomic E-state index is -0.703. The van der Waals surface area contributed by atoms with Crippen molar-refractivity contribution in [2.45, 2.75) is 19.4 Å². The number of benzene rings is 1. The zero-order valence-electron chi connectivity index (χ0n) is 11.5. The predicted octanol–water partition coefficient (Wildman–Crippen LogP) is 3.32. The third-order valence-electron chi connectivity index (χ3n) is 3.21. The third kappa shape index (κ3) is 2.92. The normalized spacial score (nSPS) is 12.5. The first-order valence-corrected chi connectivity index (χ1v) is 6.89. The first kappa shape index (κ1) is 15.2. The lowest BCUT2D eigenvalue weighted by Crippen LogP contribution is -2.07. The molecule has 0 aliphatic heterocycles. The maximum absolute atomic E-state index is 10.3. The molecule has 1 unspecified atom stereocenters. The summed E-state index contributed by atoms with van der Waals surface area (Å²) in [4.78, 5) is 0. The van der Waals surface area contributed by atoms with Gasteiger partial charge in [0.25, 0.3) is 0 Å². The molecule has 108 valence electrons. The van der Waals surface area contributed by atoms with Crippen LogP contribution in [0.1, 0.15) is 23.1 Å². The number of aliphatic hydroxyl groups excluding tert-OH is 1. The molecule has 1 aromatic carbocycles. The minimum absolute atomic E-state index is 0.374. The fourth-order valence-electron chi connectivity index (χ4n) is 2.09. The summed E-state index contributed by atoms with van der Waals surface area (Å²) < 4.78 is 6.78. The van der Waals surface area contributed by atoms with E-state index in [0.29, 0.717) is 27.8 Å². The van der Waals surface area contributed by atoms with Gasteiger partial charge in [0, 0.05) is 13.5 Å². The number of aliphatic hydroxyl groups is 1. The third-order valence-corrected chi connectivity index (χ3v) is 4.00. The van der Waals surface area contributed by atoms with Crippen LogP contribution < -0.4 is 4.74 Å². The summed E-state index contributed by atoms with van der Waals surface area (Å²) >= 11 is 12.2. The highest BCUT2D eigenvalue weighted by Gasteiger charge is 2.17. The Hall–Kier alpha value is -1.23. The van der Waals surface area contributed by atoms with Crippen molar-refractivity contribution in [2.24, 2.45) is 7.05 Å². The van der Waals surface area contributed by atoms with Gasteiger partial charge in [-0.2, -0.15) is 5.10 Å². The van der Waals surface area contributed by atoms with E-state index < -0.39 is 6.10 Å². The molecule has 6 heteroatoms. The molecule has 1 atom stereocenters. The number of nitrogens with zero attached hydrogens (tertiary/aromatic N) is 2. The Balaban J connectivity index is 2.23. The summed E-state index contributed by atoms with van der Waals surface area (Å²) in [5.41, 5.74) is 2.26. The number of hydrogen-bond acceptors (Lipinski definition) is 3. The van der Waals surface area contributed by atoms with Crippen molar-refractivity contribution < 1.29 is 9.84 Å². The zero-order chi connectivity index (χ0) is 14.9. The monoisotopic (exact) mass is 314 g/mol. The molecule has 4 nitrogen and oxygen atoms in total. The standard InChI is InChI=1S/C14H16Cl2N2O2/c1-8-14(16)11(18(2)17-8)7-12(19)9-4-5-13(20-3)10(15)6-9/h4-6,12,19H,7H2,1-3H3. The van der Waals surface area contributed by atoms with Crippen molar-refractivity contribution in [1.82, 2.24) is 9.78 Å². The molecule has 0 fully saturated rings. The molecule has 2 rings (SSSR count). The summed E-state index contributed by atoms with van der Waals surface area (Å²) in [6.07, 6.45) is -0.329. The van der Waals surface area contributed by atoms with Crippen molar-refractivity contribution in [1.29, 1.82) is 0 Å². The van der Waals surface area contributed by atoms with Gasteiger partial charge in [0.15, 0.2) is 0 Å². The van der Waals surface area contributed by atoms with Crippen molar-refractivity contribution in [3.63, 3.8) is 0 Å². The predicted molar refractivity (Wildman–Crippen MR) is 79.6 cm³/mol. The fraction of sp³-hybridized carbons (Fsp3) is 0.357. The smallest absolute Gasteiger partial charge is 0.137 e. The summed E-state index contributed by atoms with van der Waals surface area (Å²) in [7, 11) is 3.36. The fourth-order valence-corrected chi connectivity index (χ4v) is 2.60. The SMILES string of the molecule is COc1ccc(C(O)Cc2c(Cl)c(C)nn2C)cc1Cl. The second-order valence-corrected chi connectivity index (χ2v) is 5.37. The molecule has 0 amide bonds. The molecule has 0 saturated carbocycles. The Kier molecular flexibility index (Phi) is 4.58. The maximum Gasteiger partial charge on any atom is 0.137 e. The van der Waals surface area contributed by atoms with E-state index in [1.165, 1.54) is 0 Å². The summed E-state index contributed by atoms with van der Waals surface area (Å²) in [6, 6.07) is 5.21. The quantitative estimate of drug-likeness (QED) is 0.941. The average Bonchev–Trinajstić information content (AvgIpc) is 2.65. The lowest BCUT2D eigenvalue weighted by Gasteiger charge is -2.13. The zero-order valence-corrected chi connectivity index (χ0v) is 13.0. The van der Waals surface area contributed by atoms with Crippen LogP contribution in [-0.4, -0.2) is 22.0 Å². The molecule has 1 heterocycles. The van der Waals surface area contributed by atoms with Gasteiger partial charge in [-0.05, 0) is 24.6 Å². The molecule has 0 spiro atoms. The number of halogens is 2. The first-order valence-electron chi connectivity index (χ1n) is 6.13. The molecular weight excluding hydrogens is 299 g/mol. The van der Waals surface area contributed by atoms with E-state index in [4.69, 9.17) is 27.9 Å². The molecule has 1 N–H and O–H groups in total. The van der Waals surface area contributed by atoms with Gasteiger partial charge >= 0.3 is 0 Å². The Morgan fingerprint density at radius 1 is 1.40 bits per heavy atom. The highest BCUT2D eigenvalue weighted by Crippen LogP contribution is 2.30. The molecule has 0 bridgehead atoms. The van der Waals surface area contributed by atoms with E-state index in [1.807, 2.05) is 14.0 Å². The van der Waals surface area contributed by atoms with Crippen molar-refractivity contribution in [3.8, 4) is 5.75 Å². The van der Waals surface area contributed by atoms with Gasteiger partial charge in [0.1, 0.15) is 5.75 Å². The lowest BCUT2D eigenvalue weighted by molar-refractivity contribution is 0.175. The maximum atomic E-state index is 10.3. The Bertz CT molecular complexity index is 626. The summed E-state index contributed by atoms with van der Waals surface area (Å²) in [5, 5.41) is 15.6. The van der Waals surface area contributed by atoms with Gasteiger partial charge in [-0.25, -0.2) is 0 Å². The van der Waals surface area contributed by atoms with E-state index in [-0.39, 0.29) is 0 Å². The van der Waals surface area contributed by atoms with Crippen LogP contribution >= 0.6 is 23.2 Å². The van der Waals surface area contributed by atoms with Crippen LogP contribution in [0.3, 0.4) is 0 Å². The largest absolute Gasteiger partial charge is 0.495 e. The molecule has 1 aromatic heterocycles. The Morgan fingerprint density at radius 2 is 2.10 bits per heavy atom. The van der Waals surface area contributed by atoms with Gasteiger partial charge in [-0.3, -0.25) is 4.68 Å². The second kappa shape index (κ2) is 6.04. The Labute approximate surface area is 127 Å². The van der Waals surface area contributed by atoms with Gasteiger partial charge < -0.3 is 9.84 Å². The first-order chi connectivity index (χ1) is 9.43. The topological polar surface area (TPSA) is 47.3 Å². The lowest BCUT2D eigenvalue weighted by atomic mass is 10.0. The second-order valence-electron chi connectivity index (χ2n) is 4.58. The van der Waals surface area contributed by atoms with Gasteiger partial charge in [0.2, 0.25) is 0 Å². The van der Waals surface area contributed by atoms with Crippen LogP contribution in [0.25, 0.3) is 0 Å². The molecule has 2 aromatic rings. The number of rotatable bonds is 4. The van der Waals surface area contributed by atoms with E-state index in [2.05, 4.69) is 5.10 Å². The highest BCUT2D eigenvalue weighted by atomic mass is 35.5. The summed E-state index contributed by atoms with van der Waals surface area (Å²) in [6.45, 7) is 1.84. The van der Waals surface area contributed by atoms with Crippen LogP contribution in [0.2, 0.25) is 10.0 Å². The molecular formula is C14H16Cl2N2O2. The van der Waals surface area contributed by atoms with Crippen molar-refractivity contribution in [2.75, 3.05) is 7.11 Å². The van der Waals surface area contributed by atoms with Crippen molar-refractivity contribution in [3.05, 3.63) is 45.2 Å². The Morgan fingerprint density at radius 3 is 2.60 bits per heavy atom. The van der Waals surface area contributed by atoms with E-state index in [9.17, 15) is 5.11 Å². The number of methoxy groups -OCH3 is 1. The van der Waals surface area contributed by atoms with Gasteiger partial charge in [-0.1, -0.05) is 29.3 Å². The molecule has 0 saturated heterocycles. The van der Waals surface area contributed by atoms with Gasteiger partial charge in [-0.15, -0.1) is 0 Å². The van der Waals surface area contributed by atoms with E-state index in [1.54, 1.807) is 30.0 Å².